The van der Waals surface area contributed by atoms with Gasteiger partial charge in [0.05, 0.1) is 5.69 Å². The van der Waals surface area contributed by atoms with Gasteiger partial charge in [0.2, 0.25) is 0 Å². The number of nitrogens with zero attached hydrogens (tertiary/aromatic N) is 1. The maximum Gasteiger partial charge on any atom is 0.326 e. The van der Waals surface area contributed by atoms with E-state index in [2.05, 4.69) is 41.5 Å². The van der Waals surface area contributed by atoms with Gasteiger partial charge in [0, 0.05) is 23.9 Å². The Morgan fingerprint density at radius 1 is 1.17 bits per heavy atom. The fraction of sp³-hybridized carbons (Fsp3) is 0.211. The Balaban J connectivity index is 1.65. The molecule has 0 aliphatic carbocycles. The van der Waals surface area contributed by atoms with Gasteiger partial charge in [-0.25, -0.2) is 4.79 Å². The minimum absolute atomic E-state index is 0.0629. The number of rotatable bonds is 1. The summed E-state index contributed by atoms with van der Waals surface area (Å²) in [4.78, 5) is 17.8. The summed E-state index contributed by atoms with van der Waals surface area (Å²) in [6.07, 6.45) is 2.83. The minimum atomic E-state index is -0.0629. The van der Waals surface area contributed by atoms with Crippen molar-refractivity contribution in [1.29, 1.82) is 0 Å². The van der Waals surface area contributed by atoms with Gasteiger partial charge >= 0.3 is 6.03 Å². The number of H-pyrrole nitrogens is 1. The first-order chi connectivity index (χ1) is 11.1. The number of aryl methyl sites for hydroxylation is 2. The van der Waals surface area contributed by atoms with Crippen LogP contribution in [0.15, 0.2) is 42.6 Å². The van der Waals surface area contributed by atoms with Gasteiger partial charge in [-0.15, -0.1) is 0 Å². The zero-order valence-corrected chi connectivity index (χ0v) is 13.3. The van der Waals surface area contributed by atoms with Crippen LogP contribution in [0.1, 0.15) is 16.7 Å². The summed E-state index contributed by atoms with van der Waals surface area (Å²) in [6.45, 7) is 4.81. The predicted molar refractivity (Wildman–Crippen MR) is 94.3 cm³/mol. The van der Waals surface area contributed by atoms with E-state index in [0.29, 0.717) is 0 Å². The van der Waals surface area contributed by atoms with Gasteiger partial charge in [-0.1, -0.05) is 18.2 Å². The summed E-state index contributed by atoms with van der Waals surface area (Å²) in [5, 5.41) is 4.22. The third kappa shape index (κ3) is 2.27. The Morgan fingerprint density at radius 3 is 2.91 bits per heavy atom. The van der Waals surface area contributed by atoms with E-state index >= 15 is 0 Å². The lowest BCUT2D eigenvalue weighted by Gasteiger charge is -2.20. The number of benzene rings is 2. The Kier molecular flexibility index (Phi) is 3.11. The average Bonchev–Trinajstić information content (AvgIpc) is 3.14. The molecule has 2 aromatic carbocycles. The maximum atomic E-state index is 12.8. The van der Waals surface area contributed by atoms with E-state index < -0.39 is 0 Å². The van der Waals surface area contributed by atoms with E-state index in [1.807, 2.05) is 30.2 Å². The van der Waals surface area contributed by atoms with Crippen molar-refractivity contribution in [2.24, 2.45) is 0 Å². The Bertz CT molecular complexity index is 910. The summed E-state index contributed by atoms with van der Waals surface area (Å²) >= 11 is 0. The van der Waals surface area contributed by atoms with Gasteiger partial charge in [0.1, 0.15) is 0 Å². The molecule has 0 bridgehead atoms. The number of hydrogen-bond donors (Lipinski definition) is 2. The van der Waals surface area contributed by atoms with Crippen LogP contribution in [-0.4, -0.2) is 17.6 Å². The van der Waals surface area contributed by atoms with Crippen LogP contribution in [-0.2, 0) is 6.42 Å². The summed E-state index contributed by atoms with van der Waals surface area (Å²) in [7, 11) is 0. The van der Waals surface area contributed by atoms with Crippen LogP contribution in [0.5, 0.6) is 0 Å². The lowest BCUT2D eigenvalue weighted by molar-refractivity contribution is 0.257. The molecule has 0 radical (unpaired) electrons. The SMILES string of the molecule is Cc1cc2cc[nH]c2cc1NC(=O)N1CCc2cccc(C)c21. The van der Waals surface area contributed by atoms with Gasteiger partial charge in [0.25, 0.3) is 0 Å². The molecule has 0 spiro atoms. The standard InChI is InChI=1S/C19H19N3O/c1-12-4-3-5-14-7-9-22(18(12)14)19(23)21-16-11-17-15(6-8-20-17)10-13(16)2/h3-6,8,10-11,20H,7,9H2,1-2H3,(H,21,23). The first-order valence-electron chi connectivity index (χ1n) is 7.88. The molecular weight excluding hydrogens is 286 g/mol. The third-order valence-electron chi connectivity index (χ3n) is 4.58. The topological polar surface area (TPSA) is 48.1 Å². The number of nitrogens with one attached hydrogen (secondary N) is 2. The molecule has 2 amide bonds. The second-order valence-electron chi connectivity index (χ2n) is 6.15. The molecule has 3 aromatic rings. The number of urea groups is 1. The second kappa shape index (κ2) is 5.16. The highest BCUT2D eigenvalue weighted by Crippen LogP contribution is 2.32. The van der Waals surface area contributed by atoms with Crippen molar-refractivity contribution in [3.63, 3.8) is 0 Å². The third-order valence-corrected chi connectivity index (χ3v) is 4.58. The van der Waals surface area contributed by atoms with Gasteiger partial charge in [-0.3, -0.25) is 4.90 Å². The number of carbonyl (C=O) groups excluding carboxylic acids is 1. The number of amides is 2. The molecule has 23 heavy (non-hydrogen) atoms. The Hall–Kier alpha value is -2.75. The second-order valence-corrected chi connectivity index (χ2v) is 6.15. The van der Waals surface area contributed by atoms with Gasteiger partial charge in [0.15, 0.2) is 0 Å². The number of anilines is 2. The average molecular weight is 305 g/mol. The molecule has 1 aliphatic heterocycles. The highest BCUT2D eigenvalue weighted by Gasteiger charge is 2.26. The van der Waals surface area contributed by atoms with Crippen molar-refractivity contribution in [3.8, 4) is 0 Å². The van der Waals surface area contributed by atoms with Gasteiger partial charge in [-0.2, -0.15) is 0 Å². The minimum Gasteiger partial charge on any atom is -0.361 e. The van der Waals surface area contributed by atoms with E-state index in [-0.39, 0.29) is 6.03 Å². The van der Waals surface area contributed by atoms with Gasteiger partial charge in [-0.05, 0) is 60.5 Å². The van der Waals surface area contributed by atoms with Crippen LogP contribution in [0.4, 0.5) is 16.2 Å². The fourth-order valence-electron chi connectivity index (χ4n) is 3.39. The quantitative estimate of drug-likeness (QED) is 0.688. The van der Waals surface area contributed by atoms with Crippen molar-refractivity contribution < 1.29 is 4.79 Å². The monoisotopic (exact) mass is 305 g/mol. The fourth-order valence-corrected chi connectivity index (χ4v) is 3.39. The Labute approximate surface area is 135 Å². The van der Waals surface area contributed by atoms with Crippen LogP contribution in [0, 0.1) is 13.8 Å². The van der Waals surface area contributed by atoms with Crippen molar-refractivity contribution in [2.75, 3.05) is 16.8 Å². The molecule has 4 rings (SSSR count). The Morgan fingerprint density at radius 2 is 2.04 bits per heavy atom. The first kappa shape index (κ1) is 13.9. The lowest BCUT2D eigenvalue weighted by atomic mass is 10.1. The van der Waals surface area contributed by atoms with Crippen LogP contribution in [0.2, 0.25) is 0 Å². The molecule has 1 aliphatic rings. The normalized spacial score (nSPS) is 13.4. The van der Waals surface area contributed by atoms with Crippen molar-refractivity contribution >= 4 is 28.3 Å². The molecule has 0 saturated heterocycles. The summed E-state index contributed by atoms with van der Waals surface area (Å²) in [5.74, 6) is 0. The molecular formula is C19H19N3O. The van der Waals surface area contributed by atoms with E-state index in [1.54, 1.807) is 0 Å². The van der Waals surface area contributed by atoms with Crippen molar-refractivity contribution in [1.82, 2.24) is 4.98 Å². The lowest BCUT2D eigenvalue weighted by Crippen LogP contribution is -2.34. The molecule has 0 atom stereocenters. The van der Waals surface area contributed by atoms with Crippen LogP contribution < -0.4 is 10.2 Å². The molecule has 0 saturated carbocycles. The molecule has 0 fully saturated rings. The molecule has 2 heterocycles. The zero-order valence-electron chi connectivity index (χ0n) is 13.3. The molecule has 2 N–H and O–H groups in total. The summed E-state index contributed by atoms with van der Waals surface area (Å²) < 4.78 is 0. The number of fused-ring (bicyclic) bond motifs is 2. The molecule has 1 aromatic heterocycles. The number of carbonyl (C=O) groups is 1. The largest absolute Gasteiger partial charge is 0.361 e. The van der Waals surface area contributed by atoms with E-state index in [9.17, 15) is 4.79 Å². The summed E-state index contributed by atoms with van der Waals surface area (Å²) in [6, 6.07) is 12.3. The predicted octanol–water partition coefficient (Wildman–Crippen LogP) is 4.38. The van der Waals surface area contributed by atoms with E-state index in [1.165, 1.54) is 5.56 Å². The van der Waals surface area contributed by atoms with Crippen LogP contribution >= 0.6 is 0 Å². The number of aromatic nitrogens is 1. The number of aromatic amines is 1. The van der Waals surface area contributed by atoms with Crippen LogP contribution in [0.25, 0.3) is 10.9 Å². The first-order valence-corrected chi connectivity index (χ1v) is 7.88. The molecule has 4 heteroatoms. The van der Waals surface area contributed by atoms with E-state index in [4.69, 9.17) is 0 Å². The number of hydrogen-bond acceptors (Lipinski definition) is 1. The zero-order chi connectivity index (χ0) is 16.0. The molecule has 116 valence electrons. The summed E-state index contributed by atoms with van der Waals surface area (Å²) in [5.41, 5.74) is 6.40. The van der Waals surface area contributed by atoms with E-state index in [0.717, 1.165) is 46.4 Å². The highest BCUT2D eigenvalue weighted by atomic mass is 16.2. The molecule has 4 nitrogen and oxygen atoms in total. The smallest absolute Gasteiger partial charge is 0.326 e. The highest BCUT2D eigenvalue weighted by molar-refractivity contribution is 6.05. The maximum absolute atomic E-state index is 12.8. The van der Waals surface area contributed by atoms with Crippen LogP contribution in [0.3, 0.4) is 0 Å². The van der Waals surface area contributed by atoms with Crippen molar-refractivity contribution in [2.45, 2.75) is 20.3 Å². The van der Waals surface area contributed by atoms with Gasteiger partial charge < -0.3 is 10.3 Å². The number of para-hydroxylation sites is 1. The molecule has 0 unspecified atom stereocenters. The van der Waals surface area contributed by atoms with Crippen molar-refractivity contribution in [3.05, 3.63) is 59.3 Å².